The molecule has 2 heterocycles. The first-order chi connectivity index (χ1) is 8.00. The van der Waals surface area contributed by atoms with E-state index >= 15 is 0 Å². The molecule has 1 N–H and O–H groups in total. The fourth-order valence-corrected chi connectivity index (χ4v) is 2.53. The Bertz CT molecular complexity index is 564. The van der Waals surface area contributed by atoms with Gasteiger partial charge in [-0.3, -0.25) is 0 Å². The molecule has 17 heavy (non-hydrogen) atoms. The number of hydrogen-bond acceptors (Lipinski definition) is 3. The Hall–Kier alpha value is -1.36. The van der Waals surface area contributed by atoms with Crippen LogP contribution in [0.25, 0.3) is 5.65 Å². The van der Waals surface area contributed by atoms with Crippen LogP contribution in [0.4, 0.5) is 0 Å². The van der Waals surface area contributed by atoms with Crippen LogP contribution in [-0.2, 0) is 0 Å². The second kappa shape index (κ2) is 4.49. The molecule has 2 atom stereocenters. The quantitative estimate of drug-likeness (QED) is 0.850. The van der Waals surface area contributed by atoms with Crippen LogP contribution in [0.3, 0.4) is 0 Å². The van der Waals surface area contributed by atoms with Gasteiger partial charge >= 0.3 is 5.69 Å². The molecule has 0 aliphatic heterocycles. The largest absolute Gasteiger partial charge is 0.348 e. The van der Waals surface area contributed by atoms with E-state index in [4.69, 9.17) is 11.6 Å². The molecular weight excluding hydrogens is 240 g/mol. The van der Waals surface area contributed by atoms with E-state index < -0.39 is 0 Å². The third-order valence-electron chi connectivity index (χ3n) is 2.89. The maximum absolute atomic E-state index is 11.3. The SMILES string of the molecule is CC(C)C(c1cc2n[nH]c(=O)n2cn1)C(C)Cl. The average molecular weight is 255 g/mol. The van der Waals surface area contributed by atoms with Gasteiger partial charge in [0.05, 0.1) is 5.69 Å². The van der Waals surface area contributed by atoms with Crippen molar-refractivity contribution in [3.8, 4) is 0 Å². The van der Waals surface area contributed by atoms with Crippen molar-refractivity contribution in [3.63, 3.8) is 0 Å². The minimum absolute atomic E-state index is 0.0180. The van der Waals surface area contributed by atoms with Gasteiger partial charge in [0.2, 0.25) is 0 Å². The number of nitrogens with zero attached hydrogens (tertiary/aromatic N) is 3. The van der Waals surface area contributed by atoms with Crippen LogP contribution in [0.2, 0.25) is 0 Å². The zero-order valence-electron chi connectivity index (χ0n) is 10.0. The Balaban J connectivity index is 2.51. The second-order valence-electron chi connectivity index (χ2n) is 4.52. The number of nitrogens with one attached hydrogen (secondary N) is 1. The van der Waals surface area contributed by atoms with E-state index in [-0.39, 0.29) is 17.0 Å². The molecular formula is C11H15ClN4O. The standard InChI is InChI=1S/C11H15ClN4O/c1-6(2)10(7(3)12)8-4-9-14-15-11(17)16(9)5-13-8/h4-7,10H,1-3H3,(H,15,17). The van der Waals surface area contributed by atoms with Crippen LogP contribution >= 0.6 is 11.6 Å². The summed E-state index contributed by atoms with van der Waals surface area (Å²) in [5.41, 5.74) is 1.16. The van der Waals surface area contributed by atoms with Gasteiger partial charge in [0, 0.05) is 17.4 Å². The number of hydrogen-bond donors (Lipinski definition) is 1. The van der Waals surface area contributed by atoms with Crippen molar-refractivity contribution >= 4 is 17.2 Å². The van der Waals surface area contributed by atoms with Crippen LogP contribution in [0.5, 0.6) is 0 Å². The van der Waals surface area contributed by atoms with Gasteiger partial charge < -0.3 is 0 Å². The van der Waals surface area contributed by atoms with Gasteiger partial charge in [0.15, 0.2) is 5.65 Å². The van der Waals surface area contributed by atoms with E-state index in [0.29, 0.717) is 11.6 Å². The van der Waals surface area contributed by atoms with E-state index in [0.717, 1.165) is 5.69 Å². The molecule has 0 fully saturated rings. The number of fused-ring (bicyclic) bond motifs is 1. The lowest BCUT2D eigenvalue weighted by atomic mass is 9.89. The highest BCUT2D eigenvalue weighted by Gasteiger charge is 2.23. The fraction of sp³-hybridized carbons (Fsp3) is 0.545. The van der Waals surface area contributed by atoms with Crippen LogP contribution in [-0.4, -0.2) is 25.0 Å². The van der Waals surface area contributed by atoms with Gasteiger partial charge in [-0.1, -0.05) is 13.8 Å². The summed E-state index contributed by atoms with van der Waals surface area (Å²) in [5.74, 6) is 0.525. The Morgan fingerprint density at radius 1 is 1.41 bits per heavy atom. The predicted molar refractivity (Wildman–Crippen MR) is 66.5 cm³/mol. The summed E-state index contributed by atoms with van der Waals surface area (Å²) in [6, 6.07) is 1.81. The number of halogens is 1. The summed E-state index contributed by atoms with van der Waals surface area (Å²) in [7, 11) is 0. The number of H-pyrrole nitrogens is 1. The fourth-order valence-electron chi connectivity index (χ4n) is 2.11. The normalized spacial score (nSPS) is 15.4. The van der Waals surface area contributed by atoms with Gasteiger partial charge in [-0.05, 0) is 12.8 Å². The highest BCUT2D eigenvalue weighted by molar-refractivity contribution is 6.20. The van der Waals surface area contributed by atoms with Crippen LogP contribution < -0.4 is 5.69 Å². The number of aromatic amines is 1. The van der Waals surface area contributed by atoms with E-state index in [2.05, 4.69) is 29.0 Å². The topological polar surface area (TPSA) is 63.0 Å². The molecule has 6 heteroatoms. The van der Waals surface area contributed by atoms with Crippen molar-refractivity contribution in [2.24, 2.45) is 5.92 Å². The van der Waals surface area contributed by atoms with Crippen molar-refractivity contribution in [3.05, 3.63) is 28.6 Å². The molecule has 0 amide bonds. The molecule has 2 aromatic heterocycles. The van der Waals surface area contributed by atoms with Crippen LogP contribution in [0.1, 0.15) is 32.4 Å². The zero-order chi connectivity index (χ0) is 12.6. The van der Waals surface area contributed by atoms with Crippen LogP contribution in [0.15, 0.2) is 17.2 Å². The van der Waals surface area contributed by atoms with Gasteiger partial charge in [0.1, 0.15) is 6.33 Å². The van der Waals surface area contributed by atoms with Crippen molar-refractivity contribution < 1.29 is 0 Å². The summed E-state index contributed by atoms with van der Waals surface area (Å²) in [6.45, 7) is 6.16. The minimum Gasteiger partial charge on any atom is -0.246 e. The van der Waals surface area contributed by atoms with Gasteiger partial charge in [-0.15, -0.1) is 11.6 Å². The Kier molecular flexibility index (Phi) is 3.19. The van der Waals surface area contributed by atoms with Crippen molar-refractivity contribution in [1.82, 2.24) is 19.6 Å². The van der Waals surface area contributed by atoms with Crippen molar-refractivity contribution in [1.29, 1.82) is 0 Å². The number of aromatic nitrogens is 4. The predicted octanol–water partition coefficient (Wildman–Crippen LogP) is 1.78. The lowest BCUT2D eigenvalue weighted by Crippen LogP contribution is -2.18. The molecule has 2 unspecified atom stereocenters. The zero-order valence-corrected chi connectivity index (χ0v) is 10.8. The molecule has 0 bridgehead atoms. The van der Waals surface area contributed by atoms with Gasteiger partial charge in [-0.2, -0.15) is 5.10 Å². The maximum Gasteiger partial charge on any atom is 0.348 e. The van der Waals surface area contributed by atoms with Crippen LogP contribution in [0, 0.1) is 5.92 Å². The van der Waals surface area contributed by atoms with E-state index in [1.807, 2.05) is 6.92 Å². The Morgan fingerprint density at radius 2 is 2.12 bits per heavy atom. The molecule has 0 aliphatic rings. The Labute approximate surface area is 104 Å². The molecule has 0 radical (unpaired) electrons. The molecule has 0 saturated carbocycles. The highest BCUT2D eigenvalue weighted by atomic mass is 35.5. The first-order valence-corrected chi connectivity index (χ1v) is 6.01. The average Bonchev–Trinajstić information content (AvgIpc) is 2.59. The van der Waals surface area contributed by atoms with E-state index in [9.17, 15) is 4.79 Å². The number of alkyl halides is 1. The maximum atomic E-state index is 11.3. The van der Waals surface area contributed by atoms with Crippen molar-refractivity contribution in [2.75, 3.05) is 0 Å². The second-order valence-corrected chi connectivity index (χ2v) is 5.21. The third kappa shape index (κ3) is 2.20. The first kappa shape index (κ1) is 12.1. The van der Waals surface area contributed by atoms with Crippen molar-refractivity contribution in [2.45, 2.75) is 32.1 Å². The highest BCUT2D eigenvalue weighted by Crippen LogP contribution is 2.29. The smallest absolute Gasteiger partial charge is 0.246 e. The Morgan fingerprint density at radius 3 is 2.71 bits per heavy atom. The van der Waals surface area contributed by atoms with E-state index in [1.54, 1.807) is 6.07 Å². The molecule has 0 aromatic carbocycles. The molecule has 5 nitrogen and oxygen atoms in total. The lowest BCUT2D eigenvalue weighted by molar-refractivity contribution is 0.479. The molecule has 0 aliphatic carbocycles. The summed E-state index contributed by atoms with van der Waals surface area (Å²) in [5, 5.41) is 6.29. The minimum atomic E-state index is -0.279. The summed E-state index contributed by atoms with van der Waals surface area (Å²) in [6.07, 6.45) is 1.49. The first-order valence-electron chi connectivity index (χ1n) is 5.57. The molecule has 92 valence electrons. The molecule has 0 spiro atoms. The molecule has 2 aromatic rings. The summed E-state index contributed by atoms with van der Waals surface area (Å²) < 4.78 is 1.37. The van der Waals surface area contributed by atoms with E-state index in [1.165, 1.54) is 10.7 Å². The summed E-state index contributed by atoms with van der Waals surface area (Å²) >= 11 is 6.19. The number of rotatable bonds is 3. The third-order valence-corrected chi connectivity index (χ3v) is 3.16. The van der Waals surface area contributed by atoms with Gasteiger partial charge in [0.25, 0.3) is 0 Å². The summed E-state index contributed by atoms with van der Waals surface area (Å²) in [4.78, 5) is 15.6. The monoisotopic (exact) mass is 254 g/mol. The molecule has 0 saturated heterocycles. The lowest BCUT2D eigenvalue weighted by Gasteiger charge is -2.22. The molecule has 2 rings (SSSR count). The van der Waals surface area contributed by atoms with Gasteiger partial charge in [-0.25, -0.2) is 19.3 Å².